The molecule has 2 aromatic rings. The van der Waals surface area contributed by atoms with Gasteiger partial charge >= 0.3 is 0 Å². The van der Waals surface area contributed by atoms with Crippen LogP contribution in [0, 0.1) is 6.92 Å². The van der Waals surface area contributed by atoms with Crippen molar-refractivity contribution in [2.24, 2.45) is 0 Å². The number of carbonyl (C=O) groups is 1. The van der Waals surface area contributed by atoms with Crippen LogP contribution in [0.3, 0.4) is 0 Å². The Kier molecular flexibility index (Phi) is 6.44. The van der Waals surface area contributed by atoms with Gasteiger partial charge in [-0.15, -0.1) is 0 Å². The smallest absolute Gasteiger partial charge is 0.255 e. The summed E-state index contributed by atoms with van der Waals surface area (Å²) in [5.41, 5.74) is 3.11. The van der Waals surface area contributed by atoms with Gasteiger partial charge in [-0.25, -0.2) is 8.42 Å². The van der Waals surface area contributed by atoms with Gasteiger partial charge in [0.05, 0.1) is 4.90 Å². The third-order valence-electron chi connectivity index (χ3n) is 4.67. The average Bonchev–Trinajstić information content (AvgIpc) is 2.62. The highest BCUT2D eigenvalue weighted by atomic mass is 32.2. The molecule has 146 valence electrons. The lowest BCUT2D eigenvalue weighted by molar-refractivity contribution is 0.102. The van der Waals surface area contributed by atoms with Crippen molar-refractivity contribution in [1.29, 1.82) is 0 Å². The second kappa shape index (κ2) is 8.23. The molecule has 6 heteroatoms. The van der Waals surface area contributed by atoms with Crippen LogP contribution in [0.1, 0.15) is 55.1 Å². The quantitative estimate of drug-likeness (QED) is 0.797. The van der Waals surface area contributed by atoms with E-state index in [1.54, 1.807) is 26.0 Å². The molecule has 0 aliphatic heterocycles. The van der Waals surface area contributed by atoms with Gasteiger partial charge in [0.25, 0.3) is 5.91 Å². The Morgan fingerprint density at radius 3 is 2.26 bits per heavy atom. The van der Waals surface area contributed by atoms with Crippen LogP contribution >= 0.6 is 0 Å². The minimum atomic E-state index is -3.64. The molecule has 0 bridgehead atoms. The zero-order chi connectivity index (χ0) is 20.4. The first-order valence-electron chi connectivity index (χ1n) is 9.04. The highest BCUT2D eigenvalue weighted by Gasteiger charge is 2.24. The van der Waals surface area contributed by atoms with Gasteiger partial charge in [0.2, 0.25) is 10.0 Å². The second-order valence-corrected chi connectivity index (χ2v) is 9.29. The van der Waals surface area contributed by atoms with E-state index >= 15 is 0 Å². The highest BCUT2D eigenvalue weighted by Crippen LogP contribution is 2.28. The fraction of sp³-hybridized carbons (Fsp3) is 0.381. The van der Waals surface area contributed by atoms with Gasteiger partial charge in [0.15, 0.2) is 0 Å². The summed E-state index contributed by atoms with van der Waals surface area (Å²) in [5.74, 6) is -0.0675. The first kappa shape index (κ1) is 21.1. The Labute approximate surface area is 162 Å². The molecule has 0 atom stereocenters. The van der Waals surface area contributed by atoms with Crippen LogP contribution in [-0.2, 0) is 10.0 Å². The molecule has 0 radical (unpaired) electrons. The van der Waals surface area contributed by atoms with Crippen molar-refractivity contribution in [3.05, 3.63) is 59.2 Å². The van der Waals surface area contributed by atoms with E-state index < -0.39 is 10.0 Å². The first-order valence-corrected chi connectivity index (χ1v) is 10.5. The Morgan fingerprint density at radius 2 is 1.67 bits per heavy atom. The summed E-state index contributed by atoms with van der Waals surface area (Å²) in [4.78, 5) is 12.9. The number of sulfonamides is 1. The van der Waals surface area contributed by atoms with E-state index in [4.69, 9.17) is 0 Å². The van der Waals surface area contributed by atoms with E-state index in [1.807, 2.05) is 25.1 Å². The van der Waals surface area contributed by atoms with Gasteiger partial charge in [-0.1, -0.05) is 38.1 Å². The van der Waals surface area contributed by atoms with Crippen molar-refractivity contribution in [3.63, 3.8) is 0 Å². The van der Waals surface area contributed by atoms with Crippen LogP contribution in [0.5, 0.6) is 0 Å². The molecule has 0 fully saturated rings. The second-order valence-electron chi connectivity index (χ2n) is 7.29. The lowest BCUT2D eigenvalue weighted by atomic mass is 9.98. The van der Waals surface area contributed by atoms with Crippen LogP contribution in [0.15, 0.2) is 47.4 Å². The number of anilines is 1. The zero-order valence-corrected chi connectivity index (χ0v) is 17.6. The number of rotatable bonds is 6. The summed E-state index contributed by atoms with van der Waals surface area (Å²) in [7, 11) is -2.11. The standard InChI is InChI=1S/C21H28N2O3S/c1-14(2)19-12-7-9-16(5)20(19)22-21(24)17-10-8-11-18(13-17)27(25,26)23(6)15(3)4/h7-15H,1-6H3,(H,22,24). The number of nitrogens with zero attached hydrogens (tertiary/aromatic N) is 1. The van der Waals surface area contributed by atoms with Crippen molar-refractivity contribution in [2.75, 3.05) is 12.4 Å². The predicted molar refractivity (Wildman–Crippen MR) is 110 cm³/mol. The van der Waals surface area contributed by atoms with E-state index in [0.29, 0.717) is 5.56 Å². The molecule has 0 heterocycles. The van der Waals surface area contributed by atoms with Crippen molar-refractivity contribution in [3.8, 4) is 0 Å². The number of benzene rings is 2. The van der Waals surface area contributed by atoms with E-state index in [-0.39, 0.29) is 22.8 Å². The van der Waals surface area contributed by atoms with Crippen LogP contribution < -0.4 is 5.32 Å². The Bertz CT molecular complexity index is 934. The van der Waals surface area contributed by atoms with Gasteiger partial charge in [-0.05, 0) is 56.0 Å². The Hall–Kier alpha value is -2.18. The molecule has 1 amide bonds. The van der Waals surface area contributed by atoms with Crippen molar-refractivity contribution in [1.82, 2.24) is 4.31 Å². The number of hydrogen-bond acceptors (Lipinski definition) is 3. The van der Waals surface area contributed by atoms with E-state index in [1.165, 1.54) is 23.5 Å². The molecule has 0 aliphatic carbocycles. The third-order valence-corrected chi connectivity index (χ3v) is 6.70. The molecular weight excluding hydrogens is 360 g/mol. The van der Waals surface area contributed by atoms with Gasteiger partial charge in [-0.3, -0.25) is 4.79 Å². The highest BCUT2D eigenvalue weighted by molar-refractivity contribution is 7.89. The van der Waals surface area contributed by atoms with Crippen LogP contribution in [0.4, 0.5) is 5.69 Å². The van der Waals surface area contributed by atoms with Crippen molar-refractivity contribution in [2.45, 2.75) is 51.5 Å². The number of para-hydroxylation sites is 1. The topological polar surface area (TPSA) is 66.5 Å². The van der Waals surface area contributed by atoms with E-state index in [0.717, 1.165) is 16.8 Å². The summed E-state index contributed by atoms with van der Waals surface area (Å²) >= 11 is 0. The average molecular weight is 389 g/mol. The molecule has 0 saturated carbocycles. The molecule has 1 N–H and O–H groups in total. The fourth-order valence-electron chi connectivity index (χ4n) is 2.77. The first-order chi connectivity index (χ1) is 12.6. The number of hydrogen-bond donors (Lipinski definition) is 1. The summed E-state index contributed by atoms with van der Waals surface area (Å²) < 4.78 is 26.7. The molecular formula is C21H28N2O3S. The minimum absolute atomic E-state index is 0.111. The number of aryl methyl sites for hydroxylation is 1. The zero-order valence-electron chi connectivity index (χ0n) is 16.8. The summed E-state index contributed by atoms with van der Waals surface area (Å²) in [6.07, 6.45) is 0. The minimum Gasteiger partial charge on any atom is -0.321 e. The maximum Gasteiger partial charge on any atom is 0.255 e. The SMILES string of the molecule is Cc1cccc(C(C)C)c1NC(=O)c1cccc(S(=O)(=O)N(C)C(C)C)c1. The molecule has 0 spiro atoms. The van der Waals surface area contributed by atoms with Gasteiger partial charge in [0, 0.05) is 24.3 Å². The van der Waals surface area contributed by atoms with Gasteiger partial charge in [-0.2, -0.15) is 4.31 Å². The Morgan fingerprint density at radius 1 is 1.04 bits per heavy atom. The molecule has 5 nitrogen and oxygen atoms in total. The van der Waals surface area contributed by atoms with E-state index in [2.05, 4.69) is 19.2 Å². The molecule has 0 unspecified atom stereocenters. The lowest BCUT2D eigenvalue weighted by Gasteiger charge is -2.21. The number of nitrogens with one attached hydrogen (secondary N) is 1. The molecule has 0 aromatic heterocycles. The van der Waals surface area contributed by atoms with E-state index in [9.17, 15) is 13.2 Å². The summed E-state index contributed by atoms with van der Waals surface area (Å²) in [6, 6.07) is 11.9. The number of amides is 1. The molecule has 2 aromatic carbocycles. The third kappa shape index (κ3) is 4.57. The summed E-state index contributed by atoms with van der Waals surface area (Å²) in [6.45, 7) is 9.69. The maximum absolute atomic E-state index is 12.8. The van der Waals surface area contributed by atoms with Crippen LogP contribution in [-0.4, -0.2) is 31.7 Å². The molecule has 0 saturated heterocycles. The van der Waals surface area contributed by atoms with Crippen molar-refractivity contribution >= 4 is 21.6 Å². The van der Waals surface area contributed by atoms with Crippen LogP contribution in [0.2, 0.25) is 0 Å². The molecule has 0 aliphatic rings. The van der Waals surface area contributed by atoms with Crippen LogP contribution in [0.25, 0.3) is 0 Å². The fourth-order valence-corrected chi connectivity index (χ4v) is 4.18. The Balaban J connectivity index is 2.38. The predicted octanol–water partition coefficient (Wildman–Crippen LogP) is 4.40. The monoisotopic (exact) mass is 388 g/mol. The summed E-state index contributed by atoms with van der Waals surface area (Å²) in [5, 5.41) is 2.96. The van der Waals surface area contributed by atoms with Gasteiger partial charge < -0.3 is 5.32 Å². The maximum atomic E-state index is 12.8. The van der Waals surface area contributed by atoms with Crippen molar-refractivity contribution < 1.29 is 13.2 Å². The van der Waals surface area contributed by atoms with Gasteiger partial charge in [0.1, 0.15) is 0 Å². The number of carbonyl (C=O) groups excluding carboxylic acids is 1. The normalized spacial score (nSPS) is 12.0. The molecule has 27 heavy (non-hydrogen) atoms. The largest absolute Gasteiger partial charge is 0.321 e. The lowest BCUT2D eigenvalue weighted by Crippen LogP contribution is -2.33. The molecule has 2 rings (SSSR count).